The Morgan fingerprint density at radius 1 is 1.00 bits per heavy atom. The second-order valence-electron chi connectivity index (χ2n) is 6.65. The molecular weight excluding hydrogens is 382 g/mol. The molecule has 0 N–H and O–H groups in total. The Morgan fingerprint density at radius 3 is 2.25 bits per heavy atom. The van der Waals surface area contributed by atoms with E-state index in [9.17, 15) is 14.4 Å². The molecule has 1 aromatic rings. The van der Waals surface area contributed by atoms with Crippen molar-refractivity contribution in [3.8, 4) is 0 Å². The summed E-state index contributed by atoms with van der Waals surface area (Å²) in [5.74, 6) is -0.983. The van der Waals surface area contributed by atoms with Crippen LogP contribution in [0.3, 0.4) is 0 Å². The lowest BCUT2D eigenvalue weighted by atomic mass is 10.2. The van der Waals surface area contributed by atoms with Gasteiger partial charge in [0.25, 0.3) is 0 Å². The highest BCUT2D eigenvalue weighted by Gasteiger charge is 2.46. The fraction of sp³-hybridized carbons (Fsp3) is 0.526. The number of benzene rings is 1. The summed E-state index contributed by atoms with van der Waals surface area (Å²) in [6.07, 6.45) is 0. The van der Waals surface area contributed by atoms with Gasteiger partial charge in [-0.1, -0.05) is 18.2 Å². The summed E-state index contributed by atoms with van der Waals surface area (Å²) in [5.41, 5.74) is 1.17. The molecular formula is C19H25N3O5S. The quantitative estimate of drug-likeness (QED) is 0.650. The highest BCUT2D eigenvalue weighted by Crippen LogP contribution is 2.31. The first-order valence-corrected chi connectivity index (χ1v) is 10.2. The van der Waals surface area contributed by atoms with E-state index in [2.05, 4.69) is 17.0 Å². The summed E-state index contributed by atoms with van der Waals surface area (Å²) >= 11 is 1.23. The average Bonchev–Trinajstić information content (AvgIpc) is 3.19. The molecule has 9 heteroatoms. The second kappa shape index (κ2) is 9.29. The van der Waals surface area contributed by atoms with Gasteiger partial charge in [0.15, 0.2) is 5.37 Å². The van der Waals surface area contributed by atoms with Crippen LogP contribution in [0.25, 0.3) is 0 Å². The minimum atomic E-state index is -0.813. The van der Waals surface area contributed by atoms with Crippen molar-refractivity contribution in [2.45, 2.75) is 11.4 Å². The number of anilines is 1. The minimum Gasteiger partial charge on any atom is -0.467 e. The summed E-state index contributed by atoms with van der Waals surface area (Å²) in [4.78, 5) is 42.8. The second-order valence-corrected chi connectivity index (χ2v) is 7.76. The van der Waals surface area contributed by atoms with E-state index in [-0.39, 0.29) is 12.5 Å². The molecule has 1 amide bonds. The minimum absolute atomic E-state index is 0.157. The molecule has 0 bridgehead atoms. The first kappa shape index (κ1) is 20.5. The number of piperazine rings is 1. The number of amides is 1. The van der Waals surface area contributed by atoms with Gasteiger partial charge < -0.3 is 19.3 Å². The van der Waals surface area contributed by atoms with E-state index in [1.807, 2.05) is 23.1 Å². The molecule has 2 atom stereocenters. The first-order valence-electron chi connectivity index (χ1n) is 9.16. The number of thioether (sulfide) groups is 1. The summed E-state index contributed by atoms with van der Waals surface area (Å²) in [5, 5.41) is -0.813. The van der Waals surface area contributed by atoms with E-state index in [1.54, 1.807) is 0 Å². The summed E-state index contributed by atoms with van der Waals surface area (Å²) in [7, 11) is 2.56. The maximum absolute atomic E-state index is 13.0. The summed E-state index contributed by atoms with van der Waals surface area (Å²) in [6.45, 7) is 3.24. The Labute approximate surface area is 168 Å². The van der Waals surface area contributed by atoms with Gasteiger partial charge in [-0.25, -0.2) is 9.59 Å². The molecule has 0 unspecified atom stereocenters. The lowest BCUT2D eigenvalue weighted by Gasteiger charge is -2.37. The number of hydrogen-bond donors (Lipinski definition) is 0. The lowest BCUT2D eigenvalue weighted by molar-refractivity contribution is -0.157. The number of carbonyl (C=O) groups is 3. The van der Waals surface area contributed by atoms with Crippen LogP contribution in [0.1, 0.15) is 0 Å². The monoisotopic (exact) mass is 407 g/mol. The van der Waals surface area contributed by atoms with Gasteiger partial charge in [-0.3, -0.25) is 9.69 Å². The van der Waals surface area contributed by atoms with Gasteiger partial charge in [-0.05, 0) is 12.1 Å². The number of para-hydroxylation sites is 1. The molecule has 2 saturated heterocycles. The molecule has 0 aliphatic carbocycles. The van der Waals surface area contributed by atoms with Crippen molar-refractivity contribution in [3.05, 3.63) is 30.3 Å². The molecule has 0 saturated carbocycles. The van der Waals surface area contributed by atoms with Crippen molar-refractivity contribution < 1.29 is 23.9 Å². The van der Waals surface area contributed by atoms with Gasteiger partial charge in [0.2, 0.25) is 5.91 Å². The van der Waals surface area contributed by atoms with Gasteiger partial charge >= 0.3 is 11.9 Å². The third-order valence-electron chi connectivity index (χ3n) is 5.02. The number of hydrogen-bond acceptors (Lipinski definition) is 8. The number of carbonyl (C=O) groups excluding carboxylic acids is 3. The Morgan fingerprint density at radius 2 is 1.64 bits per heavy atom. The van der Waals surface area contributed by atoms with Crippen molar-refractivity contribution in [1.82, 2.24) is 9.80 Å². The molecule has 8 nitrogen and oxygen atoms in total. The standard InChI is InChI=1S/C19H25N3O5S/c1-26-18(24)15-13-28-17(19(25)27-2)22(15)16(23)12-20-8-10-21(11-9-20)14-6-4-3-5-7-14/h3-7,15,17H,8-13H2,1-2H3/t15-,17+/m0/s1. The molecule has 2 heterocycles. The largest absolute Gasteiger partial charge is 0.467 e. The third kappa shape index (κ3) is 4.41. The molecule has 2 aliphatic rings. The molecule has 2 aliphatic heterocycles. The zero-order valence-electron chi connectivity index (χ0n) is 16.1. The maximum Gasteiger partial charge on any atom is 0.339 e. The van der Waals surface area contributed by atoms with Crippen molar-refractivity contribution in [3.63, 3.8) is 0 Å². The number of esters is 2. The van der Waals surface area contributed by atoms with Crippen molar-refractivity contribution in [2.75, 3.05) is 57.6 Å². The highest BCUT2D eigenvalue weighted by molar-refractivity contribution is 8.00. The molecule has 152 valence electrons. The van der Waals surface area contributed by atoms with Crippen molar-refractivity contribution >= 4 is 35.3 Å². The van der Waals surface area contributed by atoms with Crippen LogP contribution in [0.2, 0.25) is 0 Å². The molecule has 0 aromatic heterocycles. The topological polar surface area (TPSA) is 79.4 Å². The molecule has 28 heavy (non-hydrogen) atoms. The lowest BCUT2D eigenvalue weighted by Crippen LogP contribution is -2.54. The van der Waals surface area contributed by atoms with Gasteiger partial charge in [0.05, 0.1) is 20.8 Å². The van der Waals surface area contributed by atoms with Crippen molar-refractivity contribution in [2.24, 2.45) is 0 Å². The number of ether oxygens (including phenoxy) is 2. The van der Waals surface area contributed by atoms with E-state index < -0.39 is 23.4 Å². The Balaban J connectivity index is 1.62. The smallest absolute Gasteiger partial charge is 0.339 e. The fourth-order valence-corrected chi connectivity index (χ4v) is 4.81. The first-order chi connectivity index (χ1) is 13.5. The van der Waals surface area contributed by atoms with E-state index in [0.717, 1.165) is 26.2 Å². The molecule has 3 rings (SSSR count). The molecule has 0 radical (unpaired) electrons. The number of rotatable bonds is 5. The van der Waals surface area contributed by atoms with Crippen LogP contribution in [0.5, 0.6) is 0 Å². The Kier molecular flexibility index (Phi) is 6.79. The van der Waals surface area contributed by atoms with E-state index in [0.29, 0.717) is 5.75 Å². The van der Waals surface area contributed by atoms with Gasteiger partial charge in [-0.2, -0.15) is 0 Å². The Bertz CT molecular complexity index is 685. The van der Waals surface area contributed by atoms with E-state index in [4.69, 9.17) is 9.47 Å². The van der Waals surface area contributed by atoms with Gasteiger partial charge in [0, 0.05) is 37.6 Å². The zero-order chi connectivity index (χ0) is 20.1. The molecule has 2 fully saturated rings. The van der Waals surface area contributed by atoms with Crippen LogP contribution >= 0.6 is 11.8 Å². The van der Waals surface area contributed by atoms with Crippen LogP contribution in [0, 0.1) is 0 Å². The van der Waals surface area contributed by atoms with Crippen LogP contribution in [0.4, 0.5) is 5.69 Å². The van der Waals surface area contributed by atoms with E-state index in [1.165, 1.54) is 36.6 Å². The molecule has 1 aromatic carbocycles. The summed E-state index contributed by atoms with van der Waals surface area (Å²) in [6, 6.07) is 9.39. The normalized spacial score (nSPS) is 22.8. The van der Waals surface area contributed by atoms with Gasteiger partial charge in [-0.15, -0.1) is 11.8 Å². The summed E-state index contributed by atoms with van der Waals surface area (Å²) < 4.78 is 9.61. The number of methoxy groups -OCH3 is 2. The van der Waals surface area contributed by atoms with Crippen LogP contribution in [-0.4, -0.2) is 91.8 Å². The third-order valence-corrected chi connectivity index (χ3v) is 6.26. The SMILES string of the molecule is COC(=O)[C@H]1SC[C@@H](C(=O)OC)N1C(=O)CN1CCN(c2ccccc2)CC1. The zero-order valence-corrected chi connectivity index (χ0v) is 16.9. The fourth-order valence-electron chi connectivity index (χ4n) is 3.49. The van der Waals surface area contributed by atoms with Crippen molar-refractivity contribution in [1.29, 1.82) is 0 Å². The van der Waals surface area contributed by atoms with Crippen LogP contribution < -0.4 is 4.90 Å². The average molecular weight is 407 g/mol. The predicted octanol–water partition coefficient (Wildman–Crippen LogP) is 0.425. The predicted molar refractivity (Wildman–Crippen MR) is 106 cm³/mol. The maximum atomic E-state index is 13.0. The van der Waals surface area contributed by atoms with Crippen LogP contribution in [0.15, 0.2) is 30.3 Å². The van der Waals surface area contributed by atoms with Crippen LogP contribution in [-0.2, 0) is 23.9 Å². The Hall–Kier alpha value is -2.26. The highest BCUT2D eigenvalue weighted by atomic mass is 32.2. The van der Waals surface area contributed by atoms with E-state index >= 15 is 0 Å². The number of nitrogens with zero attached hydrogens (tertiary/aromatic N) is 3. The molecule has 0 spiro atoms. The van der Waals surface area contributed by atoms with Gasteiger partial charge in [0.1, 0.15) is 6.04 Å².